The molecular formula is C12H18N2O. The second-order valence-corrected chi connectivity index (χ2v) is 3.55. The lowest BCUT2D eigenvalue weighted by Crippen LogP contribution is -2.28. The number of hydrogen-bond acceptors (Lipinski definition) is 3. The molecule has 1 unspecified atom stereocenters. The zero-order valence-corrected chi connectivity index (χ0v) is 9.55. The summed E-state index contributed by atoms with van der Waals surface area (Å²) < 4.78 is 5.47. The topological polar surface area (TPSA) is 51.2 Å². The van der Waals surface area contributed by atoms with Gasteiger partial charge in [-0.15, -0.1) is 11.8 Å². The third kappa shape index (κ3) is 3.12. The number of hydrazine groups is 1. The van der Waals surface area contributed by atoms with Crippen LogP contribution >= 0.6 is 0 Å². The molecule has 1 atom stereocenters. The van der Waals surface area contributed by atoms with Gasteiger partial charge in [-0.2, -0.15) is 0 Å². The van der Waals surface area contributed by atoms with Crippen molar-refractivity contribution in [2.24, 2.45) is 5.84 Å². The van der Waals surface area contributed by atoms with Gasteiger partial charge in [0.05, 0.1) is 6.04 Å². The molecule has 0 bridgehead atoms. The molecule has 0 aliphatic heterocycles. The van der Waals surface area contributed by atoms with Crippen LogP contribution in [0.1, 0.15) is 42.9 Å². The van der Waals surface area contributed by atoms with E-state index in [-0.39, 0.29) is 6.04 Å². The fourth-order valence-electron chi connectivity index (χ4n) is 1.67. The fourth-order valence-corrected chi connectivity index (χ4v) is 1.67. The molecule has 0 saturated heterocycles. The largest absolute Gasteiger partial charge is 0.466 e. The summed E-state index contributed by atoms with van der Waals surface area (Å²) in [6.07, 6.45) is 1.74. The van der Waals surface area contributed by atoms with Gasteiger partial charge < -0.3 is 4.42 Å². The van der Waals surface area contributed by atoms with Crippen molar-refractivity contribution in [3.05, 3.63) is 23.2 Å². The van der Waals surface area contributed by atoms with Gasteiger partial charge in [-0.1, -0.05) is 0 Å². The van der Waals surface area contributed by atoms with Crippen molar-refractivity contribution in [1.82, 2.24) is 5.43 Å². The van der Waals surface area contributed by atoms with Crippen molar-refractivity contribution >= 4 is 0 Å². The van der Waals surface area contributed by atoms with Crippen molar-refractivity contribution in [2.45, 2.75) is 39.7 Å². The van der Waals surface area contributed by atoms with Gasteiger partial charge >= 0.3 is 0 Å². The molecule has 0 amide bonds. The van der Waals surface area contributed by atoms with Gasteiger partial charge in [0.2, 0.25) is 0 Å². The minimum Gasteiger partial charge on any atom is -0.466 e. The summed E-state index contributed by atoms with van der Waals surface area (Å²) in [4.78, 5) is 0. The van der Waals surface area contributed by atoms with Crippen LogP contribution in [0.5, 0.6) is 0 Å². The Hall–Kier alpha value is -1.24. The summed E-state index contributed by atoms with van der Waals surface area (Å²) in [6.45, 7) is 5.74. The second-order valence-electron chi connectivity index (χ2n) is 3.55. The molecule has 0 aromatic carbocycles. The van der Waals surface area contributed by atoms with Gasteiger partial charge in [-0.25, -0.2) is 0 Å². The molecule has 3 N–H and O–H groups in total. The van der Waals surface area contributed by atoms with E-state index in [1.165, 1.54) is 0 Å². The van der Waals surface area contributed by atoms with Gasteiger partial charge in [-0.3, -0.25) is 11.3 Å². The highest BCUT2D eigenvalue weighted by Gasteiger charge is 2.14. The quantitative estimate of drug-likeness (QED) is 0.451. The van der Waals surface area contributed by atoms with Gasteiger partial charge in [0.25, 0.3) is 0 Å². The van der Waals surface area contributed by atoms with E-state index >= 15 is 0 Å². The molecule has 1 heterocycles. The van der Waals surface area contributed by atoms with Crippen LogP contribution in [0.4, 0.5) is 0 Å². The lowest BCUT2D eigenvalue weighted by molar-refractivity contribution is 0.477. The Kier molecular flexibility index (Phi) is 4.41. The summed E-state index contributed by atoms with van der Waals surface area (Å²) >= 11 is 0. The molecule has 1 aromatic rings. The molecule has 1 rings (SSSR count). The maximum Gasteiger partial charge on any atom is 0.105 e. The van der Waals surface area contributed by atoms with Crippen LogP contribution in [0.25, 0.3) is 0 Å². The van der Waals surface area contributed by atoms with Crippen molar-refractivity contribution in [3.8, 4) is 11.8 Å². The first-order valence-corrected chi connectivity index (χ1v) is 5.11. The summed E-state index contributed by atoms with van der Waals surface area (Å²) in [5.41, 5.74) is 3.94. The predicted molar refractivity (Wildman–Crippen MR) is 60.9 cm³/mol. The Morgan fingerprint density at radius 3 is 2.73 bits per heavy atom. The molecule has 0 fully saturated rings. The van der Waals surface area contributed by atoms with Crippen LogP contribution < -0.4 is 11.3 Å². The van der Waals surface area contributed by atoms with Crippen molar-refractivity contribution in [3.63, 3.8) is 0 Å². The predicted octanol–water partition coefficient (Wildman–Crippen LogP) is 2.20. The SMILES string of the molecule is CC#CCCC(NN)c1cc(C)oc1C. The highest BCUT2D eigenvalue weighted by molar-refractivity contribution is 5.24. The highest BCUT2D eigenvalue weighted by Crippen LogP contribution is 2.24. The van der Waals surface area contributed by atoms with Gasteiger partial charge in [0.15, 0.2) is 0 Å². The molecule has 15 heavy (non-hydrogen) atoms. The zero-order chi connectivity index (χ0) is 11.3. The molecule has 3 nitrogen and oxygen atoms in total. The molecular weight excluding hydrogens is 188 g/mol. The van der Waals surface area contributed by atoms with E-state index in [0.717, 1.165) is 29.9 Å². The molecule has 0 radical (unpaired) electrons. The Morgan fingerprint density at radius 2 is 2.27 bits per heavy atom. The minimum atomic E-state index is 0.128. The number of hydrogen-bond donors (Lipinski definition) is 2. The monoisotopic (exact) mass is 206 g/mol. The number of rotatable bonds is 4. The molecule has 1 aromatic heterocycles. The molecule has 3 heteroatoms. The van der Waals surface area contributed by atoms with Crippen LogP contribution in [-0.2, 0) is 0 Å². The summed E-state index contributed by atoms with van der Waals surface area (Å²) in [5, 5.41) is 0. The summed E-state index contributed by atoms with van der Waals surface area (Å²) in [6, 6.07) is 2.16. The Balaban J connectivity index is 2.72. The first-order valence-electron chi connectivity index (χ1n) is 5.11. The summed E-state index contributed by atoms with van der Waals surface area (Å²) in [7, 11) is 0. The number of nitrogens with one attached hydrogen (secondary N) is 1. The average Bonchev–Trinajstić information content (AvgIpc) is 2.53. The standard InChI is InChI=1S/C12H18N2O/c1-4-5-6-7-12(14-13)11-8-9(2)15-10(11)3/h8,12,14H,6-7,13H2,1-3H3. The van der Waals surface area contributed by atoms with E-state index in [0.29, 0.717) is 0 Å². The van der Waals surface area contributed by atoms with Crippen LogP contribution in [0.3, 0.4) is 0 Å². The smallest absolute Gasteiger partial charge is 0.105 e. The van der Waals surface area contributed by atoms with E-state index in [1.807, 2.05) is 26.8 Å². The minimum absolute atomic E-state index is 0.128. The number of furan rings is 1. The third-order valence-corrected chi connectivity index (χ3v) is 2.39. The highest BCUT2D eigenvalue weighted by atomic mass is 16.3. The second kappa shape index (κ2) is 5.59. The average molecular weight is 206 g/mol. The van der Waals surface area contributed by atoms with Crippen LogP contribution in [0, 0.1) is 25.7 Å². The van der Waals surface area contributed by atoms with Crippen molar-refractivity contribution in [1.29, 1.82) is 0 Å². The molecule has 0 spiro atoms. The van der Waals surface area contributed by atoms with Gasteiger partial charge in [0, 0.05) is 12.0 Å². The first kappa shape index (κ1) is 11.8. The number of nitrogens with two attached hydrogens (primary N) is 1. The van der Waals surface area contributed by atoms with Crippen LogP contribution in [0.15, 0.2) is 10.5 Å². The lowest BCUT2D eigenvalue weighted by Gasteiger charge is -2.13. The van der Waals surface area contributed by atoms with E-state index < -0.39 is 0 Å². The van der Waals surface area contributed by atoms with Crippen LogP contribution in [-0.4, -0.2) is 0 Å². The first-order chi connectivity index (χ1) is 7.19. The van der Waals surface area contributed by atoms with Crippen molar-refractivity contribution < 1.29 is 4.42 Å². The van der Waals surface area contributed by atoms with E-state index in [4.69, 9.17) is 10.3 Å². The lowest BCUT2D eigenvalue weighted by atomic mass is 10.0. The van der Waals surface area contributed by atoms with Crippen LogP contribution in [0.2, 0.25) is 0 Å². The zero-order valence-electron chi connectivity index (χ0n) is 9.55. The van der Waals surface area contributed by atoms with Gasteiger partial charge in [0.1, 0.15) is 11.5 Å². The molecule has 0 aliphatic carbocycles. The molecule has 0 aliphatic rings. The maximum atomic E-state index is 5.53. The number of aryl methyl sites for hydroxylation is 2. The fraction of sp³-hybridized carbons (Fsp3) is 0.500. The Bertz CT molecular complexity index is 371. The van der Waals surface area contributed by atoms with E-state index in [1.54, 1.807) is 0 Å². The normalized spacial score (nSPS) is 12.0. The third-order valence-electron chi connectivity index (χ3n) is 2.39. The van der Waals surface area contributed by atoms with Crippen molar-refractivity contribution in [2.75, 3.05) is 0 Å². The maximum absolute atomic E-state index is 5.53. The van der Waals surface area contributed by atoms with Gasteiger partial charge in [-0.05, 0) is 33.3 Å². The summed E-state index contributed by atoms with van der Waals surface area (Å²) in [5.74, 6) is 13.3. The molecule has 82 valence electrons. The van der Waals surface area contributed by atoms with E-state index in [9.17, 15) is 0 Å². The Labute approximate surface area is 91.0 Å². The Morgan fingerprint density at radius 1 is 1.53 bits per heavy atom. The molecule has 0 saturated carbocycles. The van der Waals surface area contributed by atoms with E-state index in [2.05, 4.69) is 17.3 Å².